The molecule has 0 radical (unpaired) electrons. The van der Waals surface area contributed by atoms with Crippen molar-refractivity contribution in [1.82, 2.24) is 9.55 Å². The lowest BCUT2D eigenvalue weighted by molar-refractivity contribution is 0.0696. The number of fused-ring (bicyclic) bond motifs is 1. The van der Waals surface area contributed by atoms with E-state index < -0.39 is 5.97 Å². The van der Waals surface area contributed by atoms with Gasteiger partial charge in [0.15, 0.2) is 0 Å². The third-order valence-corrected chi connectivity index (χ3v) is 3.14. The largest absolute Gasteiger partial charge is 0.495 e. The number of carboxylic acid groups (broad SMARTS) is 1. The molecular weight excluding hydrogens is 256 g/mol. The fourth-order valence-electron chi connectivity index (χ4n) is 2.16. The number of nitrogens with zero attached hydrogens (tertiary/aromatic N) is 2. The second-order valence-electron chi connectivity index (χ2n) is 4.30. The zero-order valence-corrected chi connectivity index (χ0v) is 10.8. The molecule has 1 heterocycles. The summed E-state index contributed by atoms with van der Waals surface area (Å²) in [6.45, 7) is 0. The van der Waals surface area contributed by atoms with Crippen LogP contribution in [0.1, 0.15) is 10.4 Å². The first kappa shape index (κ1) is 12.2. The molecule has 0 saturated carbocycles. The van der Waals surface area contributed by atoms with E-state index in [4.69, 9.17) is 9.84 Å². The molecule has 3 aromatic rings. The Morgan fingerprint density at radius 1 is 1.25 bits per heavy atom. The van der Waals surface area contributed by atoms with Gasteiger partial charge in [0.25, 0.3) is 0 Å². The molecule has 0 unspecified atom stereocenters. The molecule has 0 aliphatic rings. The van der Waals surface area contributed by atoms with E-state index in [1.54, 1.807) is 18.5 Å². The van der Waals surface area contributed by atoms with Crippen molar-refractivity contribution in [2.24, 2.45) is 0 Å². The van der Waals surface area contributed by atoms with E-state index in [2.05, 4.69) is 4.98 Å². The first-order valence-electron chi connectivity index (χ1n) is 6.04. The Bertz CT molecular complexity index is 793. The van der Waals surface area contributed by atoms with Gasteiger partial charge < -0.3 is 9.84 Å². The highest BCUT2D eigenvalue weighted by Crippen LogP contribution is 2.27. The van der Waals surface area contributed by atoms with E-state index >= 15 is 0 Å². The minimum atomic E-state index is -0.981. The second-order valence-corrected chi connectivity index (χ2v) is 4.30. The Hall–Kier alpha value is -2.82. The van der Waals surface area contributed by atoms with Crippen molar-refractivity contribution in [2.45, 2.75) is 0 Å². The molecule has 0 bridgehead atoms. The monoisotopic (exact) mass is 268 g/mol. The van der Waals surface area contributed by atoms with Gasteiger partial charge >= 0.3 is 5.97 Å². The van der Waals surface area contributed by atoms with Gasteiger partial charge in [0.1, 0.15) is 12.1 Å². The molecule has 1 aromatic heterocycles. The normalized spacial score (nSPS) is 10.7. The van der Waals surface area contributed by atoms with Gasteiger partial charge in [-0.1, -0.05) is 12.1 Å². The number of aromatic carboxylic acids is 1. The van der Waals surface area contributed by atoms with Crippen molar-refractivity contribution >= 4 is 17.0 Å². The quantitative estimate of drug-likeness (QED) is 0.793. The summed E-state index contributed by atoms with van der Waals surface area (Å²) in [7, 11) is 1.52. The van der Waals surface area contributed by atoms with Crippen molar-refractivity contribution in [3.8, 4) is 11.4 Å². The number of carbonyl (C=O) groups is 1. The van der Waals surface area contributed by atoms with Gasteiger partial charge in [-0.2, -0.15) is 0 Å². The highest BCUT2D eigenvalue weighted by atomic mass is 16.5. The number of hydrogen-bond acceptors (Lipinski definition) is 3. The number of benzene rings is 2. The summed E-state index contributed by atoms with van der Waals surface area (Å²) in [6, 6.07) is 12.5. The molecule has 0 atom stereocenters. The van der Waals surface area contributed by atoms with E-state index in [9.17, 15) is 4.79 Å². The van der Waals surface area contributed by atoms with E-state index in [1.807, 2.05) is 28.8 Å². The third-order valence-electron chi connectivity index (χ3n) is 3.14. The minimum Gasteiger partial charge on any atom is -0.495 e. The van der Waals surface area contributed by atoms with E-state index in [0.717, 1.165) is 16.7 Å². The van der Waals surface area contributed by atoms with Crippen molar-refractivity contribution in [1.29, 1.82) is 0 Å². The lowest BCUT2D eigenvalue weighted by Crippen LogP contribution is -2.01. The van der Waals surface area contributed by atoms with Crippen LogP contribution in [0, 0.1) is 0 Å². The molecule has 0 spiro atoms. The zero-order valence-electron chi connectivity index (χ0n) is 10.8. The zero-order chi connectivity index (χ0) is 14.1. The summed E-state index contributed by atoms with van der Waals surface area (Å²) in [5.74, 6) is -0.488. The van der Waals surface area contributed by atoms with Crippen LogP contribution in [-0.2, 0) is 0 Å². The lowest BCUT2D eigenvalue weighted by atomic mass is 10.2. The maximum atomic E-state index is 11.0. The molecular formula is C15H12N2O3. The standard InChI is InChI=1S/C15H12N2O3/c1-20-14-8-10(15(18)19)6-7-13(14)17-9-16-11-4-2-3-5-12(11)17/h2-9H,1H3,(H,18,19). The smallest absolute Gasteiger partial charge is 0.335 e. The van der Waals surface area contributed by atoms with Crippen LogP contribution < -0.4 is 4.74 Å². The number of para-hydroxylation sites is 2. The van der Waals surface area contributed by atoms with Crippen LogP contribution in [0.2, 0.25) is 0 Å². The number of imidazole rings is 1. The molecule has 5 nitrogen and oxygen atoms in total. The first-order chi connectivity index (χ1) is 9.70. The van der Waals surface area contributed by atoms with Crippen LogP contribution in [0.5, 0.6) is 5.75 Å². The summed E-state index contributed by atoms with van der Waals surface area (Å²) in [5.41, 5.74) is 2.76. The second kappa shape index (κ2) is 4.70. The van der Waals surface area contributed by atoms with E-state index in [1.165, 1.54) is 13.2 Å². The molecule has 2 aromatic carbocycles. The van der Waals surface area contributed by atoms with Gasteiger partial charge in [0.2, 0.25) is 0 Å². The SMILES string of the molecule is COc1cc(C(=O)O)ccc1-n1cnc2ccccc21. The van der Waals surface area contributed by atoms with Crippen molar-refractivity contribution in [3.05, 3.63) is 54.4 Å². The Labute approximate surface area is 115 Å². The van der Waals surface area contributed by atoms with Crippen LogP contribution in [0.25, 0.3) is 16.7 Å². The van der Waals surface area contributed by atoms with Crippen molar-refractivity contribution < 1.29 is 14.6 Å². The molecule has 0 saturated heterocycles. The lowest BCUT2D eigenvalue weighted by Gasteiger charge is -2.11. The molecule has 5 heteroatoms. The summed E-state index contributed by atoms with van der Waals surface area (Å²) < 4.78 is 7.17. The fraction of sp³-hybridized carbons (Fsp3) is 0.0667. The average Bonchev–Trinajstić information content (AvgIpc) is 2.90. The molecule has 0 amide bonds. The minimum absolute atomic E-state index is 0.190. The van der Waals surface area contributed by atoms with Crippen LogP contribution in [-0.4, -0.2) is 27.7 Å². The molecule has 100 valence electrons. The topological polar surface area (TPSA) is 64.3 Å². The van der Waals surface area contributed by atoms with Gasteiger partial charge in [0.05, 0.1) is 29.4 Å². The number of hydrogen-bond donors (Lipinski definition) is 1. The summed E-state index contributed by atoms with van der Waals surface area (Å²) in [6.07, 6.45) is 1.70. The number of methoxy groups -OCH3 is 1. The highest BCUT2D eigenvalue weighted by Gasteiger charge is 2.12. The summed E-state index contributed by atoms with van der Waals surface area (Å²) in [4.78, 5) is 15.3. The Kier molecular flexibility index (Phi) is 2.87. The predicted molar refractivity (Wildman–Crippen MR) is 74.6 cm³/mol. The number of aromatic nitrogens is 2. The molecule has 0 aliphatic carbocycles. The molecule has 0 aliphatic heterocycles. The maximum absolute atomic E-state index is 11.0. The molecule has 20 heavy (non-hydrogen) atoms. The first-order valence-corrected chi connectivity index (χ1v) is 6.04. The summed E-state index contributed by atoms with van der Waals surface area (Å²) >= 11 is 0. The van der Waals surface area contributed by atoms with E-state index in [0.29, 0.717) is 5.75 Å². The van der Waals surface area contributed by atoms with Gasteiger partial charge in [-0.15, -0.1) is 0 Å². The van der Waals surface area contributed by atoms with Crippen LogP contribution in [0.15, 0.2) is 48.8 Å². The Balaban J connectivity index is 2.21. The predicted octanol–water partition coefficient (Wildman–Crippen LogP) is 2.73. The van der Waals surface area contributed by atoms with Crippen molar-refractivity contribution in [3.63, 3.8) is 0 Å². The van der Waals surface area contributed by atoms with Gasteiger partial charge in [-0.05, 0) is 30.3 Å². The Morgan fingerprint density at radius 3 is 2.80 bits per heavy atom. The average molecular weight is 268 g/mol. The molecule has 3 rings (SSSR count). The van der Waals surface area contributed by atoms with Crippen molar-refractivity contribution in [2.75, 3.05) is 7.11 Å². The van der Waals surface area contributed by atoms with E-state index in [-0.39, 0.29) is 5.56 Å². The number of ether oxygens (including phenoxy) is 1. The van der Waals surface area contributed by atoms with Gasteiger partial charge in [-0.3, -0.25) is 4.57 Å². The Morgan fingerprint density at radius 2 is 2.05 bits per heavy atom. The molecule has 0 fully saturated rings. The van der Waals surface area contributed by atoms with Crippen LogP contribution >= 0.6 is 0 Å². The summed E-state index contributed by atoms with van der Waals surface area (Å²) in [5, 5.41) is 9.02. The molecule has 1 N–H and O–H groups in total. The van der Waals surface area contributed by atoms with Crippen LogP contribution in [0.4, 0.5) is 0 Å². The maximum Gasteiger partial charge on any atom is 0.335 e. The third kappa shape index (κ3) is 1.89. The number of carboxylic acids is 1. The van der Waals surface area contributed by atoms with Gasteiger partial charge in [-0.25, -0.2) is 9.78 Å². The highest BCUT2D eigenvalue weighted by molar-refractivity contribution is 5.89. The van der Waals surface area contributed by atoms with Gasteiger partial charge in [0, 0.05) is 0 Å². The number of rotatable bonds is 3. The fourth-order valence-corrected chi connectivity index (χ4v) is 2.16. The van der Waals surface area contributed by atoms with Crippen LogP contribution in [0.3, 0.4) is 0 Å².